The summed E-state index contributed by atoms with van der Waals surface area (Å²) < 4.78 is 16.3. The van der Waals surface area contributed by atoms with E-state index >= 15 is 0 Å². The molecule has 0 fully saturated rings. The van der Waals surface area contributed by atoms with Crippen molar-refractivity contribution in [2.75, 3.05) is 6.79 Å². The number of benzene rings is 4. The first-order chi connectivity index (χ1) is 20.8. The lowest BCUT2D eigenvalue weighted by Crippen LogP contribution is -2.16. The minimum atomic E-state index is -1.50. The number of aryl methyl sites for hydroxylation is 1. The van der Waals surface area contributed by atoms with E-state index in [1.54, 1.807) is 24.3 Å². The van der Waals surface area contributed by atoms with Crippen LogP contribution in [0.3, 0.4) is 0 Å². The van der Waals surface area contributed by atoms with Crippen molar-refractivity contribution in [3.8, 4) is 23.0 Å². The van der Waals surface area contributed by atoms with Crippen molar-refractivity contribution >= 4 is 17.6 Å². The number of rotatable bonds is 14. The van der Waals surface area contributed by atoms with E-state index in [-0.39, 0.29) is 25.8 Å². The summed E-state index contributed by atoms with van der Waals surface area (Å²) in [5.74, 6) is -1.38. The summed E-state index contributed by atoms with van der Waals surface area (Å²) in [5.41, 5.74) is 0.690. The third kappa shape index (κ3) is 8.04. The second kappa shape index (κ2) is 14.4. The molecule has 0 heterocycles. The number of nitro groups is 1. The SMILES string of the molecule is Cc1cccc(COO)c1COOc1ccc(OCOc2ccc(OC(=O)c3c(C(=O)O)cccc3[N+](=O)[O-])cc2)cc1. The molecule has 0 saturated heterocycles. The van der Waals surface area contributed by atoms with Crippen LogP contribution in [0.4, 0.5) is 5.69 Å². The quantitative estimate of drug-likeness (QED) is 0.0455. The molecule has 0 bridgehead atoms. The Morgan fingerprint density at radius 3 is 2.02 bits per heavy atom. The van der Waals surface area contributed by atoms with E-state index in [0.29, 0.717) is 17.2 Å². The fourth-order valence-electron chi connectivity index (χ4n) is 3.93. The van der Waals surface area contributed by atoms with E-state index in [2.05, 4.69) is 4.89 Å². The molecule has 13 nitrogen and oxygen atoms in total. The summed E-state index contributed by atoms with van der Waals surface area (Å²) in [7, 11) is 0. The highest BCUT2D eigenvalue weighted by molar-refractivity contribution is 6.06. The zero-order valence-electron chi connectivity index (χ0n) is 22.6. The van der Waals surface area contributed by atoms with Crippen molar-refractivity contribution in [1.82, 2.24) is 0 Å². The molecule has 0 atom stereocenters. The third-order valence-corrected chi connectivity index (χ3v) is 6.07. The lowest BCUT2D eigenvalue weighted by Gasteiger charge is -2.12. The zero-order chi connectivity index (χ0) is 30.8. The van der Waals surface area contributed by atoms with Gasteiger partial charge in [-0.2, -0.15) is 4.89 Å². The maximum atomic E-state index is 12.6. The van der Waals surface area contributed by atoms with Gasteiger partial charge in [-0.15, -0.1) is 0 Å². The molecule has 0 aromatic heterocycles. The molecule has 0 radical (unpaired) electrons. The van der Waals surface area contributed by atoms with Crippen LogP contribution in [0.25, 0.3) is 0 Å². The number of carboxylic acid groups (broad SMARTS) is 1. The van der Waals surface area contributed by atoms with E-state index < -0.39 is 33.7 Å². The molecule has 2 N–H and O–H groups in total. The van der Waals surface area contributed by atoms with Gasteiger partial charge in [0.15, 0.2) is 11.3 Å². The molecule has 0 unspecified atom stereocenters. The van der Waals surface area contributed by atoms with E-state index in [1.165, 1.54) is 30.3 Å². The summed E-state index contributed by atoms with van der Waals surface area (Å²) in [4.78, 5) is 49.5. The van der Waals surface area contributed by atoms with E-state index in [9.17, 15) is 24.8 Å². The number of nitrogens with zero attached hydrogens (tertiary/aromatic N) is 1. The molecular formula is C30H25NO12. The maximum absolute atomic E-state index is 12.6. The van der Waals surface area contributed by atoms with Crippen LogP contribution in [-0.2, 0) is 23.0 Å². The normalized spacial score (nSPS) is 10.6. The Kier molecular flexibility index (Phi) is 10.2. The van der Waals surface area contributed by atoms with Crippen LogP contribution in [0, 0.1) is 17.0 Å². The van der Waals surface area contributed by atoms with E-state index in [4.69, 9.17) is 29.2 Å². The van der Waals surface area contributed by atoms with Gasteiger partial charge in [0.1, 0.15) is 30.5 Å². The number of hydrogen-bond donors (Lipinski definition) is 2. The van der Waals surface area contributed by atoms with Gasteiger partial charge in [-0.05, 0) is 78.2 Å². The predicted molar refractivity (Wildman–Crippen MR) is 148 cm³/mol. The number of aromatic carboxylic acids is 1. The Bertz CT molecular complexity index is 1550. The average Bonchev–Trinajstić information content (AvgIpc) is 2.99. The number of esters is 1. The van der Waals surface area contributed by atoms with E-state index in [1.807, 2.05) is 25.1 Å². The van der Waals surface area contributed by atoms with Crippen LogP contribution in [0.1, 0.15) is 37.4 Å². The standard InChI is InChI=1S/C30H25NO12/c1-19-4-2-5-20(16-40-37)26(19)17-41-43-24-14-10-22(11-15-24)39-18-38-21-8-12-23(13-9-21)42-30(34)28-25(29(32)33)6-3-7-27(28)31(35)36/h2-15,37H,16-18H2,1H3,(H,32,33). The molecule has 4 aromatic carbocycles. The number of nitro benzene ring substituents is 1. The topological polar surface area (TPSA) is 173 Å². The first-order valence-electron chi connectivity index (χ1n) is 12.6. The van der Waals surface area contributed by atoms with Crippen LogP contribution in [0.5, 0.6) is 23.0 Å². The molecule has 0 aliphatic heterocycles. The van der Waals surface area contributed by atoms with Crippen molar-refractivity contribution in [3.63, 3.8) is 0 Å². The predicted octanol–water partition coefficient (Wildman–Crippen LogP) is 5.74. The van der Waals surface area contributed by atoms with Gasteiger partial charge in [-0.3, -0.25) is 15.4 Å². The molecule has 222 valence electrons. The average molecular weight is 592 g/mol. The fourth-order valence-corrected chi connectivity index (χ4v) is 3.93. The summed E-state index contributed by atoms with van der Waals surface area (Å²) >= 11 is 0. The largest absolute Gasteiger partial charge is 0.478 e. The Labute approximate surface area is 244 Å². The Morgan fingerprint density at radius 2 is 1.42 bits per heavy atom. The Morgan fingerprint density at radius 1 is 0.814 bits per heavy atom. The summed E-state index contributed by atoms with van der Waals surface area (Å²) in [6.07, 6.45) is 0. The van der Waals surface area contributed by atoms with Crippen LogP contribution in [-0.4, -0.2) is 34.0 Å². The smallest absolute Gasteiger partial charge is 0.351 e. The molecular weight excluding hydrogens is 566 g/mol. The third-order valence-electron chi connectivity index (χ3n) is 6.07. The van der Waals surface area contributed by atoms with Crippen molar-refractivity contribution in [3.05, 3.63) is 123 Å². The fraction of sp³-hybridized carbons (Fsp3) is 0.133. The lowest BCUT2D eigenvalue weighted by molar-refractivity contribution is -0.385. The summed E-state index contributed by atoms with van der Waals surface area (Å²) in [6, 6.07) is 21.1. The number of carboxylic acids is 1. The second-order valence-electron chi connectivity index (χ2n) is 8.83. The van der Waals surface area contributed by atoms with Gasteiger partial charge in [0.05, 0.1) is 10.5 Å². The molecule has 0 saturated carbocycles. The van der Waals surface area contributed by atoms with Gasteiger partial charge in [0, 0.05) is 6.07 Å². The van der Waals surface area contributed by atoms with Crippen molar-refractivity contribution in [2.24, 2.45) is 0 Å². The van der Waals surface area contributed by atoms with Gasteiger partial charge in [-0.25, -0.2) is 14.5 Å². The maximum Gasteiger partial charge on any atom is 0.351 e. The molecule has 0 spiro atoms. The number of hydrogen-bond acceptors (Lipinski definition) is 11. The Balaban J connectivity index is 1.26. The summed E-state index contributed by atoms with van der Waals surface area (Å²) in [5, 5.41) is 29.4. The minimum absolute atomic E-state index is 0.0194. The van der Waals surface area contributed by atoms with Gasteiger partial charge < -0.3 is 24.2 Å². The van der Waals surface area contributed by atoms with Gasteiger partial charge in [0.2, 0.25) is 6.79 Å². The number of carbonyl (C=O) groups is 2. The summed E-state index contributed by atoms with van der Waals surface area (Å²) in [6.45, 7) is 1.93. The molecule has 0 aliphatic rings. The minimum Gasteiger partial charge on any atom is -0.478 e. The van der Waals surface area contributed by atoms with Crippen molar-refractivity contribution in [2.45, 2.75) is 20.1 Å². The zero-order valence-corrected chi connectivity index (χ0v) is 22.6. The molecule has 43 heavy (non-hydrogen) atoms. The van der Waals surface area contributed by atoms with Gasteiger partial charge in [0.25, 0.3) is 5.69 Å². The van der Waals surface area contributed by atoms with Gasteiger partial charge in [-0.1, -0.05) is 24.3 Å². The Hall–Kier alpha value is -5.50. The van der Waals surface area contributed by atoms with Crippen molar-refractivity contribution < 1.29 is 53.7 Å². The highest BCUT2D eigenvalue weighted by Gasteiger charge is 2.28. The van der Waals surface area contributed by atoms with E-state index in [0.717, 1.165) is 28.8 Å². The van der Waals surface area contributed by atoms with Crippen LogP contribution >= 0.6 is 0 Å². The molecule has 13 heteroatoms. The monoisotopic (exact) mass is 591 g/mol. The first kappa shape index (κ1) is 30.5. The van der Waals surface area contributed by atoms with Crippen LogP contribution in [0.2, 0.25) is 0 Å². The second-order valence-corrected chi connectivity index (χ2v) is 8.83. The van der Waals surface area contributed by atoms with Crippen LogP contribution < -0.4 is 19.1 Å². The molecule has 4 aromatic rings. The van der Waals surface area contributed by atoms with Crippen molar-refractivity contribution in [1.29, 1.82) is 0 Å². The number of carbonyl (C=O) groups excluding carboxylic acids is 1. The molecule has 4 rings (SSSR count). The molecule has 0 aliphatic carbocycles. The van der Waals surface area contributed by atoms with Gasteiger partial charge >= 0.3 is 11.9 Å². The lowest BCUT2D eigenvalue weighted by atomic mass is 10.0. The molecule has 0 amide bonds. The number of ether oxygens (including phenoxy) is 3. The highest BCUT2D eigenvalue weighted by atomic mass is 17.2. The highest BCUT2D eigenvalue weighted by Crippen LogP contribution is 2.26. The first-order valence-corrected chi connectivity index (χ1v) is 12.6. The van der Waals surface area contributed by atoms with Crippen LogP contribution in [0.15, 0.2) is 84.9 Å².